The van der Waals surface area contributed by atoms with Gasteiger partial charge in [-0.3, -0.25) is 4.79 Å². The molecule has 13 heavy (non-hydrogen) atoms. The van der Waals surface area contributed by atoms with E-state index in [4.69, 9.17) is 5.11 Å². The lowest BCUT2D eigenvalue weighted by Crippen LogP contribution is -2.36. The molecule has 1 unspecified atom stereocenters. The normalized spacial score (nSPS) is 32.9. The molecule has 1 N–H and O–H groups in total. The van der Waals surface area contributed by atoms with E-state index in [9.17, 15) is 9.18 Å². The summed E-state index contributed by atoms with van der Waals surface area (Å²) in [5.74, 6) is -0.244. The molecule has 0 heterocycles. The van der Waals surface area contributed by atoms with Gasteiger partial charge in [0.2, 0.25) is 0 Å². The van der Waals surface area contributed by atoms with Gasteiger partial charge in [0.1, 0.15) is 5.67 Å². The molecule has 0 aliphatic heterocycles. The van der Waals surface area contributed by atoms with Crippen LogP contribution in [0.3, 0.4) is 0 Å². The first-order valence-corrected chi connectivity index (χ1v) is 4.55. The van der Waals surface area contributed by atoms with E-state index in [0.717, 1.165) is 6.26 Å². The highest BCUT2D eigenvalue weighted by Crippen LogP contribution is 2.38. The van der Waals surface area contributed by atoms with Crippen molar-refractivity contribution >= 4 is 5.78 Å². The summed E-state index contributed by atoms with van der Waals surface area (Å²) >= 11 is 0. The Labute approximate surface area is 77.4 Å². The predicted octanol–water partition coefficient (Wildman–Crippen LogP) is 2.55. The van der Waals surface area contributed by atoms with Gasteiger partial charge in [0.15, 0.2) is 5.78 Å². The van der Waals surface area contributed by atoms with E-state index in [1.807, 2.05) is 0 Å². The van der Waals surface area contributed by atoms with Crippen LogP contribution in [0.2, 0.25) is 0 Å². The van der Waals surface area contributed by atoms with Crippen molar-refractivity contribution in [2.24, 2.45) is 5.92 Å². The molecule has 1 rings (SSSR count). The number of halogens is 1. The van der Waals surface area contributed by atoms with E-state index in [1.165, 1.54) is 0 Å². The highest BCUT2D eigenvalue weighted by atomic mass is 19.1. The van der Waals surface area contributed by atoms with E-state index in [1.54, 1.807) is 13.8 Å². The van der Waals surface area contributed by atoms with Crippen molar-refractivity contribution in [3.63, 3.8) is 0 Å². The zero-order valence-corrected chi connectivity index (χ0v) is 8.01. The number of rotatable bonds is 1. The topological polar surface area (TPSA) is 37.3 Å². The van der Waals surface area contributed by atoms with Crippen molar-refractivity contribution in [1.29, 1.82) is 0 Å². The number of aliphatic hydroxyl groups is 1. The lowest BCUT2D eigenvalue weighted by molar-refractivity contribution is -0.119. The van der Waals surface area contributed by atoms with Gasteiger partial charge in [0.05, 0.1) is 6.26 Å². The van der Waals surface area contributed by atoms with E-state index < -0.39 is 5.67 Å². The number of hydrogen-bond donors (Lipinski definition) is 1. The molecule has 0 radical (unpaired) electrons. The molecule has 1 saturated carbocycles. The fraction of sp³-hybridized carbons (Fsp3) is 0.700. The number of aliphatic hydroxyl groups excluding tert-OH is 1. The molecule has 1 aliphatic rings. The zero-order chi connectivity index (χ0) is 10.1. The minimum absolute atomic E-state index is 0.0556. The number of allylic oxidation sites excluding steroid dienone is 1. The molecule has 0 aromatic carbocycles. The summed E-state index contributed by atoms with van der Waals surface area (Å²) in [6, 6.07) is 0. The van der Waals surface area contributed by atoms with Gasteiger partial charge >= 0.3 is 0 Å². The van der Waals surface area contributed by atoms with Crippen LogP contribution in [0.4, 0.5) is 4.39 Å². The summed E-state index contributed by atoms with van der Waals surface area (Å²) in [7, 11) is 0. The minimum atomic E-state index is -1.32. The van der Waals surface area contributed by atoms with Crippen molar-refractivity contribution in [2.75, 3.05) is 0 Å². The smallest absolute Gasteiger partial charge is 0.162 e. The molecule has 0 bridgehead atoms. The quantitative estimate of drug-likeness (QED) is 0.504. The molecule has 2 nitrogen and oxygen atoms in total. The maximum atomic E-state index is 14.0. The Kier molecular flexibility index (Phi) is 2.74. The first kappa shape index (κ1) is 10.2. The molecule has 0 aromatic rings. The summed E-state index contributed by atoms with van der Waals surface area (Å²) in [5.41, 5.74) is -1.09. The second-order valence-electron chi connectivity index (χ2n) is 3.94. The Morgan fingerprint density at radius 1 is 1.62 bits per heavy atom. The Balaban J connectivity index is 2.81. The van der Waals surface area contributed by atoms with Gasteiger partial charge in [-0.25, -0.2) is 4.39 Å². The largest absolute Gasteiger partial charge is 0.515 e. The molecule has 0 spiro atoms. The number of carbonyl (C=O) groups is 1. The summed E-state index contributed by atoms with van der Waals surface area (Å²) in [5, 5.41) is 8.73. The van der Waals surface area contributed by atoms with Gasteiger partial charge < -0.3 is 5.11 Å². The summed E-state index contributed by atoms with van der Waals surface area (Å²) < 4.78 is 14.0. The monoisotopic (exact) mass is 186 g/mol. The highest BCUT2D eigenvalue weighted by Gasteiger charge is 2.40. The van der Waals surface area contributed by atoms with Crippen LogP contribution in [0, 0.1) is 5.92 Å². The SMILES string of the molecule is CC(C)C1(F)CCC(=O)/C(=C\O)C1. The van der Waals surface area contributed by atoms with Crippen LogP contribution < -0.4 is 0 Å². The first-order chi connectivity index (χ1) is 5.99. The fourth-order valence-electron chi connectivity index (χ4n) is 1.60. The van der Waals surface area contributed by atoms with Crippen molar-refractivity contribution in [2.45, 2.75) is 38.8 Å². The molecular weight excluding hydrogens is 171 g/mol. The third-order valence-corrected chi connectivity index (χ3v) is 2.80. The van der Waals surface area contributed by atoms with E-state index in [0.29, 0.717) is 0 Å². The number of Topliss-reactive ketones (excluding diaryl/α,β-unsaturated/α-hetero) is 1. The van der Waals surface area contributed by atoms with E-state index in [2.05, 4.69) is 0 Å². The van der Waals surface area contributed by atoms with Crippen molar-refractivity contribution in [1.82, 2.24) is 0 Å². The molecule has 1 aliphatic carbocycles. The van der Waals surface area contributed by atoms with E-state index in [-0.39, 0.29) is 36.5 Å². The Bertz CT molecular complexity index is 245. The molecule has 1 fully saturated rings. The van der Waals surface area contributed by atoms with Crippen LogP contribution in [0.1, 0.15) is 33.1 Å². The third kappa shape index (κ3) is 1.90. The van der Waals surface area contributed by atoms with Crippen molar-refractivity contribution in [3.8, 4) is 0 Å². The number of carbonyl (C=O) groups excluding carboxylic acids is 1. The highest BCUT2D eigenvalue weighted by molar-refractivity contribution is 5.96. The number of alkyl halides is 1. The second-order valence-corrected chi connectivity index (χ2v) is 3.94. The van der Waals surface area contributed by atoms with Crippen LogP contribution >= 0.6 is 0 Å². The van der Waals surface area contributed by atoms with Crippen LogP contribution in [-0.4, -0.2) is 16.6 Å². The minimum Gasteiger partial charge on any atom is -0.515 e. The third-order valence-electron chi connectivity index (χ3n) is 2.80. The van der Waals surface area contributed by atoms with Crippen LogP contribution in [0.5, 0.6) is 0 Å². The van der Waals surface area contributed by atoms with Crippen molar-refractivity contribution < 1.29 is 14.3 Å². The van der Waals surface area contributed by atoms with Crippen LogP contribution in [-0.2, 0) is 4.79 Å². The lowest BCUT2D eigenvalue weighted by Gasteiger charge is -2.33. The maximum absolute atomic E-state index is 14.0. The van der Waals surface area contributed by atoms with Gasteiger partial charge in [-0.05, 0) is 12.3 Å². The molecule has 3 heteroatoms. The average molecular weight is 186 g/mol. The molecule has 74 valence electrons. The molecule has 1 atom stereocenters. The Hall–Kier alpha value is -0.860. The van der Waals surface area contributed by atoms with Gasteiger partial charge in [0.25, 0.3) is 0 Å². The lowest BCUT2D eigenvalue weighted by atomic mass is 9.76. The fourth-order valence-corrected chi connectivity index (χ4v) is 1.60. The van der Waals surface area contributed by atoms with Gasteiger partial charge in [-0.1, -0.05) is 13.8 Å². The Morgan fingerprint density at radius 2 is 2.23 bits per heavy atom. The molecular formula is C10H15FO2. The predicted molar refractivity (Wildman–Crippen MR) is 48.2 cm³/mol. The first-order valence-electron chi connectivity index (χ1n) is 4.55. The maximum Gasteiger partial charge on any atom is 0.162 e. The molecule has 0 saturated heterocycles. The van der Waals surface area contributed by atoms with Crippen molar-refractivity contribution in [3.05, 3.63) is 11.8 Å². The van der Waals surface area contributed by atoms with E-state index >= 15 is 0 Å². The molecule has 0 amide bonds. The van der Waals surface area contributed by atoms with Crippen LogP contribution in [0.15, 0.2) is 11.8 Å². The average Bonchev–Trinajstić information content (AvgIpc) is 2.09. The van der Waals surface area contributed by atoms with Gasteiger partial charge in [0, 0.05) is 18.4 Å². The summed E-state index contributed by atoms with van der Waals surface area (Å²) in [6.07, 6.45) is 1.29. The summed E-state index contributed by atoms with van der Waals surface area (Å²) in [6.45, 7) is 3.59. The zero-order valence-electron chi connectivity index (χ0n) is 8.01. The molecule has 0 aromatic heterocycles. The summed E-state index contributed by atoms with van der Waals surface area (Å²) in [4.78, 5) is 11.1. The standard InChI is InChI=1S/C10H15FO2/c1-7(2)10(11)4-3-9(13)8(5-10)6-12/h6-7,12H,3-5H2,1-2H3/b8-6-. The van der Waals surface area contributed by atoms with Crippen LogP contribution in [0.25, 0.3) is 0 Å². The Morgan fingerprint density at radius 3 is 2.69 bits per heavy atom. The number of hydrogen-bond acceptors (Lipinski definition) is 2. The van der Waals surface area contributed by atoms with Gasteiger partial charge in [-0.15, -0.1) is 0 Å². The van der Waals surface area contributed by atoms with Gasteiger partial charge in [-0.2, -0.15) is 0 Å². The number of ketones is 1. The second kappa shape index (κ2) is 3.48.